The Kier molecular flexibility index (Phi) is 17.1. The zero-order valence-electron chi connectivity index (χ0n) is 12.6. The molecule has 2 N–H and O–H groups in total. The first-order valence-corrected chi connectivity index (χ1v) is 7.10. The van der Waals surface area contributed by atoms with Crippen molar-refractivity contribution < 1.29 is 33.9 Å². The van der Waals surface area contributed by atoms with Gasteiger partial charge in [-0.1, -0.05) is 6.08 Å². The van der Waals surface area contributed by atoms with Gasteiger partial charge in [-0.3, -0.25) is 0 Å². The van der Waals surface area contributed by atoms with Crippen molar-refractivity contribution in [2.24, 2.45) is 0 Å². The second-order valence-corrected chi connectivity index (χ2v) is 4.07. The van der Waals surface area contributed by atoms with Crippen molar-refractivity contribution in [1.82, 2.24) is 0 Å². The lowest BCUT2D eigenvalue weighted by Gasteiger charge is -2.18. The standard InChI is InChI=1S/C14H28O7/c1-2-5-19-12-14(21-11-10-18-7-4-16)13-20-9-8-17-6-3-15/h2,14-16H,1,3-13H2. The first kappa shape index (κ1) is 20.5. The Morgan fingerprint density at radius 3 is 1.95 bits per heavy atom. The zero-order valence-corrected chi connectivity index (χ0v) is 12.6. The van der Waals surface area contributed by atoms with Crippen LogP contribution in [0.25, 0.3) is 0 Å². The summed E-state index contributed by atoms with van der Waals surface area (Å²) in [5.74, 6) is 0. The number of aliphatic hydroxyl groups is 2. The molecule has 0 aromatic rings. The van der Waals surface area contributed by atoms with Crippen molar-refractivity contribution in [2.75, 3.05) is 72.7 Å². The molecule has 0 fully saturated rings. The Morgan fingerprint density at radius 1 is 0.762 bits per heavy atom. The van der Waals surface area contributed by atoms with Crippen LogP contribution in [0.4, 0.5) is 0 Å². The highest BCUT2D eigenvalue weighted by molar-refractivity contribution is 4.65. The second-order valence-electron chi connectivity index (χ2n) is 4.07. The fraction of sp³-hybridized carbons (Fsp3) is 0.857. The third-order valence-corrected chi connectivity index (χ3v) is 2.27. The molecule has 21 heavy (non-hydrogen) atoms. The number of ether oxygens (including phenoxy) is 5. The molecule has 7 heteroatoms. The summed E-state index contributed by atoms with van der Waals surface area (Å²) in [5.41, 5.74) is 0. The average molecular weight is 308 g/mol. The highest BCUT2D eigenvalue weighted by atomic mass is 16.6. The third kappa shape index (κ3) is 15.7. The number of hydrogen-bond acceptors (Lipinski definition) is 7. The molecule has 0 bridgehead atoms. The Hall–Kier alpha value is -0.540. The second kappa shape index (κ2) is 17.5. The van der Waals surface area contributed by atoms with Gasteiger partial charge in [0.05, 0.1) is 72.7 Å². The maximum atomic E-state index is 8.58. The SMILES string of the molecule is C=CCOCC(COCCOCCO)OCCOCCO. The Balaban J connectivity index is 3.66. The minimum absolute atomic E-state index is 0.00280. The van der Waals surface area contributed by atoms with Crippen molar-refractivity contribution in [3.8, 4) is 0 Å². The maximum Gasteiger partial charge on any atom is 0.104 e. The molecule has 126 valence electrons. The molecule has 1 atom stereocenters. The van der Waals surface area contributed by atoms with E-state index in [9.17, 15) is 0 Å². The maximum absolute atomic E-state index is 8.58. The molecule has 0 spiro atoms. The normalized spacial score (nSPS) is 12.5. The van der Waals surface area contributed by atoms with Crippen LogP contribution in [-0.2, 0) is 23.7 Å². The van der Waals surface area contributed by atoms with Crippen LogP contribution in [0.2, 0.25) is 0 Å². The lowest BCUT2D eigenvalue weighted by atomic mass is 10.4. The van der Waals surface area contributed by atoms with Gasteiger partial charge in [-0.15, -0.1) is 6.58 Å². The van der Waals surface area contributed by atoms with E-state index < -0.39 is 0 Å². The van der Waals surface area contributed by atoms with Crippen LogP contribution in [-0.4, -0.2) is 89.0 Å². The molecule has 0 aliphatic heterocycles. The van der Waals surface area contributed by atoms with E-state index in [-0.39, 0.29) is 19.3 Å². The predicted octanol–water partition coefficient (Wildman–Crippen LogP) is -0.391. The molecule has 0 amide bonds. The third-order valence-electron chi connectivity index (χ3n) is 2.27. The van der Waals surface area contributed by atoms with Crippen molar-refractivity contribution in [2.45, 2.75) is 6.10 Å². The lowest BCUT2D eigenvalue weighted by molar-refractivity contribution is -0.0773. The van der Waals surface area contributed by atoms with Gasteiger partial charge in [0.2, 0.25) is 0 Å². The van der Waals surface area contributed by atoms with Gasteiger partial charge in [-0.05, 0) is 0 Å². The molecule has 0 aromatic heterocycles. The van der Waals surface area contributed by atoms with Gasteiger partial charge in [0.1, 0.15) is 6.10 Å². The van der Waals surface area contributed by atoms with E-state index >= 15 is 0 Å². The van der Waals surface area contributed by atoms with E-state index in [1.807, 2.05) is 0 Å². The lowest BCUT2D eigenvalue weighted by Crippen LogP contribution is -2.28. The molecule has 1 unspecified atom stereocenters. The largest absolute Gasteiger partial charge is 0.394 e. The minimum atomic E-state index is -0.194. The van der Waals surface area contributed by atoms with Gasteiger partial charge in [0.15, 0.2) is 0 Å². The predicted molar refractivity (Wildman–Crippen MR) is 77.4 cm³/mol. The minimum Gasteiger partial charge on any atom is -0.394 e. The van der Waals surface area contributed by atoms with Gasteiger partial charge in [0, 0.05) is 0 Å². The molecule has 0 rings (SSSR count). The van der Waals surface area contributed by atoms with Crippen LogP contribution >= 0.6 is 0 Å². The first-order chi connectivity index (χ1) is 10.3. The topological polar surface area (TPSA) is 86.6 Å². The number of aliphatic hydroxyl groups excluding tert-OH is 2. The van der Waals surface area contributed by atoms with E-state index in [1.165, 1.54) is 0 Å². The van der Waals surface area contributed by atoms with Gasteiger partial charge >= 0.3 is 0 Å². The molecular formula is C14H28O7. The van der Waals surface area contributed by atoms with Gasteiger partial charge in [0.25, 0.3) is 0 Å². The molecule has 0 aromatic carbocycles. The van der Waals surface area contributed by atoms with Crippen molar-refractivity contribution in [1.29, 1.82) is 0 Å². The van der Waals surface area contributed by atoms with E-state index in [1.54, 1.807) is 6.08 Å². The Morgan fingerprint density at radius 2 is 1.33 bits per heavy atom. The summed E-state index contributed by atoms with van der Waals surface area (Å²) in [4.78, 5) is 0. The molecular weight excluding hydrogens is 280 g/mol. The van der Waals surface area contributed by atoms with E-state index in [0.717, 1.165) is 0 Å². The van der Waals surface area contributed by atoms with E-state index in [0.29, 0.717) is 59.5 Å². The molecule has 0 saturated carbocycles. The van der Waals surface area contributed by atoms with Crippen LogP contribution in [0.15, 0.2) is 12.7 Å². The van der Waals surface area contributed by atoms with Gasteiger partial charge in [-0.2, -0.15) is 0 Å². The number of hydrogen-bond donors (Lipinski definition) is 2. The summed E-state index contributed by atoms with van der Waals surface area (Å²) in [6, 6.07) is 0. The number of rotatable bonds is 17. The molecule has 0 saturated heterocycles. The van der Waals surface area contributed by atoms with E-state index in [4.69, 9.17) is 33.9 Å². The van der Waals surface area contributed by atoms with Crippen LogP contribution in [0.3, 0.4) is 0 Å². The Bertz CT molecular complexity index is 213. The van der Waals surface area contributed by atoms with Crippen LogP contribution in [0.1, 0.15) is 0 Å². The van der Waals surface area contributed by atoms with Crippen LogP contribution in [0.5, 0.6) is 0 Å². The quantitative estimate of drug-likeness (QED) is 0.279. The smallest absolute Gasteiger partial charge is 0.104 e. The monoisotopic (exact) mass is 308 g/mol. The summed E-state index contributed by atoms with van der Waals surface area (Å²) in [6.45, 7) is 7.15. The molecule has 0 heterocycles. The Labute approximate surface area is 126 Å². The summed E-state index contributed by atoms with van der Waals surface area (Å²) >= 11 is 0. The van der Waals surface area contributed by atoms with Gasteiger partial charge in [-0.25, -0.2) is 0 Å². The first-order valence-electron chi connectivity index (χ1n) is 7.10. The highest BCUT2D eigenvalue weighted by Crippen LogP contribution is 1.96. The van der Waals surface area contributed by atoms with Gasteiger partial charge < -0.3 is 33.9 Å². The molecule has 0 aliphatic carbocycles. The van der Waals surface area contributed by atoms with Crippen molar-refractivity contribution >= 4 is 0 Å². The highest BCUT2D eigenvalue weighted by Gasteiger charge is 2.09. The fourth-order valence-corrected chi connectivity index (χ4v) is 1.37. The molecule has 0 aliphatic rings. The molecule has 7 nitrogen and oxygen atoms in total. The molecule has 0 radical (unpaired) electrons. The van der Waals surface area contributed by atoms with Crippen LogP contribution < -0.4 is 0 Å². The summed E-state index contributed by atoms with van der Waals surface area (Å²) < 4.78 is 26.6. The average Bonchev–Trinajstić information content (AvgIpc) is 2.50. The van der Waals surface area contributed by atoms with Crippen molar-refractivity contribution in [3.05, 3.63) is 12.7 Å². The van der Waals surface area contributed by atoms with Crippen molar-refractivity contribution in [3.63, 3.8) is 0 Å². The summed E-state index contributed by atoms with van der Waals surface area (Å²) in [6.07, 6.45) is 1.48. The van der Waals surface area contributed by atoms with E-state index in [2.05, 4.69) is 6.58 Å². The summed E-state index contributed by atoms with van der Waals surface area (Å²) in [5, 5.41) is 17.1. The zero-order chi connectivity index (χ0) is 15.6. The fourth-order valence-electron chi connectivity index (χ4n) is 1.37. The summed E-state index contributed by atoms with van der Waals surface area (Å²) in [7, 11) is 0. The van der Waals surface area contributed by atoms with Crippen LogP contribution in [0, 0.1) is 0 Å².